The van der Waals surface area contributed by atoms with Crippen molar-refractivity contribution in [2.45, 2.75) is 51.6 Å². The molecule has 1 aromatic carbocycles. The van der Waals surface area contributed by atoms with Crippen molar-refractivity contribution in [2.24, 2.45) is 0 Å². The summed E-state index contributed by atoms with van der Waals surface area (Å²) in [6.45, 7) is 7.66. The van der Waals surface area contributed by atoms with Gasteiger partial charge in [0.15, 0.2) is 0 Å². The molecule has 1 fully saturated rings. The molecule has 1 aromatic heterocycles. The van der Waals surface area contributed by atoms with Gasteiger partial charge in [0.05, 0.1) is 25.2 Å². The van der Waals surface area contributed by atoms with E-state index in [9.17, 15) is 9.90 Å². The average molecular weight is 495 g/mol. The van der Waals surface area contributed by atoms with Gasteiger partial charge in [-0.25, -0.2) is 14.4 Å². The fourth-order valence-electron chi connectivity index (χ4n) is 4.28. The Balaban J connectivity index is 1.97. The molecule has 2 aromatic rings. The summed E-state index contributed by atoms with van der Waals surface area (Å²) in [4.78, 5) is 17.3. The number of carbonyl (C=O) groups excluding carboxylic acids is 1. The lowest BCUT2D eigenvalue weighted by Gasteiger charge is -2.42. The number of piperidine rings is 1. The molecule has 170 valence electrons. The van der Waals surface area contributed by atoms with Gasteiger partial charge in [0.25, 0.3) is 0 Å². The van der Waals surface area contributed by atoms with E-state index in [0.29, 0.717) is 17.0 Å². The third-order valence-electron chi connectivity index (χ3n) is 5.63. The van der Waals surface area contributed by atoms with E-state index in [4.69, 9.17) is 9.47 Å². The molecule has 8 heteroatoms. The minimum atomic E-state index is -0.570. The van der Waals surface area contributed by atoms with Gasteiger partial charge < -0.3 is 14.6 Å². The minimum absolute atomic E-state index is 0.0629. The highest BCUT2D eigenvalue weighted by molar-refractivity contribution is 9.10. The summed E-state index contributed by atoms with van der Waals surface area (Å²) in [5, 5.41) is 11.4. The van der Waals surface area contributed by atoms with Crippen LogP contribution >= 0.6 is 15.9 Å². The van der Waals surface area contributed by atoms with E-state index in [2.05, 4.69) is 26.3 Å². The Morgan fingerprint density at radius 2 is 1.90 bits per heavy atom. The number of quaternary nitrogens is 1. The lowest BCUT2D eigenvalue weighted by molar-refractivity contribution is -0.967. The third kappa shape index (κ3) is 5.87. The summed E-state index contributed by atoms with van der Waals surface area (Å²) < 4.78 is 12.1. The van der Waals surface area contributed by atoms with Crippen molar-refractivity contribution < 1.29 is 24.0 Å². The van der Waals surface area contributed by atoms with Gasteiger partial charge >= 0.3 is 6.09 Å². The maximum atomic E-state index is 12.7. The maximum Gasteiger partial charge on any atom is 0.452 e. The first-order chi connectivity index (χ1) is 14.7. The van der Waals surface area contributed by atoms with Gasteiger partial charge in [-0.1, -0.05) is 22.0 Å². The van der Waals surface area contributed by atoms with E-state index in [-0.39, 0.29) is 12.5 Å². The number of carbonyl (C=O) groups is 1. The molecule has 0 spiro atoms. The number of hydrogen-bond acceptors (Lipinski definition) is 5. The van der Waals surface area contributed by atoms with Crippen LogP contribution in [-0.4, -0.2) is 59.7 Å². The number of amides is 1. The van der Waals surface area contributed by atoms with Gasteiger partial charge in [-0.3, -0.25) is 0 Å². The van der Waals surface area contributed by atoms with Gasteiger partial charge in [0.2, 0.25) is 5.88 Å². The number of rotatable bonds is 6. The number of pyridine rings is 1. The third-order valence-corrected chi connectivity index (χ3v) is 6.32. The van der Waals surface area contributed by atoms with Crippen molar-refractivity contribution in [2.75, 3.05) is 33.4 Å². The summed E-state index contributed by atoms with van der Waals surface area (Å²) in [6, 6.07) is 7.77. The van der Waals surface area contributed by atoms with Gasteiger partial charge in [-0.05, 0) is 52.2 Å². The van der Waals surface area contributed by atoms with Gasteiger partial charge in [-0.15, -0.1) is 0 Å². The number of aliphatic hydroxyl groups excluding tert-OH is 1. The molecule has 0 aliphatic carbocycles. The molecule has 1 amide bonds. The Hall–Kier alpha value is -1.90. The molecule has 0 saturated carbocycles. The summed E-state index contributed by atoms with van der Waals surface area (Å²) in [6.07, 6.45) is 2.73. The lowest BCUT2D eigenvalue weighted by atomic mass is 9.95. The highest BCUT2D eigenvalue weighted by Gasteiger charge is 2.38. The van der Waals surface area contributed by atoms with Crippen LogP contribution in [0, 0.1) is 0 Å². The topological polar surface area (TPSA) is 80.7 Å². The summed E-state index contributed by atoms with van der Waals surface area (Å²) >= 11 is 3.67. The minimum Gasteiger partial charge on any atom is -0.481 e. The number of benzene rings is 1. The number of nitrogens with zero attached hydrogens (tertiary/aromatic N) is 2. The monoisotopic (exact) mass is 494 g/mol. The Morgan fingerprint density at radius 3 is 2.52 bits per heavy atom. The Morgan fingerprint density at radius 1 is 1.23 bits per heavy atom. The number of hydrogen-bond donors (Lipinski definition) is 2. The number of nitrogens with one attached hydrogen (secondary N) is 1. The normalized spacial score (nSPS) is 17.2. The van der Waals surface area contributed by atoms with Gasteiger partial charge in [0.1, 0.15) is 25.2 Å². The van der Waals surface area contributed by atoms with Crippen LogP contribution in [0.1, 0.15) is 51.5 Å². The number of methoxy groups -OCH3 is 1. The first kappa shape index (κ1) is 23.8. The second kappa shape index (κ2) is 9.71. The standard InChI is InChI=1S/C23H32BrN3O4/c1-23(2,3)31-22(29)26-27(12-6-5-7-13-27)14-17(15-28)20-18(24)10-8-16-9-11-19(30-4)25-21(16)20/h8-11,17,28H,5-7,12-15H2,1-4H3/p+1. The molecule has 31 heavy (non-hydrogen) atoms. The molecular formula is C23H33BrN3O4+. The molecule has 1 atom stereocenters. The zero-order valence-corrected chi connectivity index (χ0v) is 20.4. The zero-order chi connectivity index (χ0) is 22.6. The number of likely N-dealkylation sites (tertiary alicyclic amines) is 1. The van der Waals surface area contributed by atoms with Crippen LogP contribution in [0.5, 0.6) is 5.88 Å². The molecule has 3 rings (SSSR count). The first-order valence-corrected chi connectivity index (χ1v) is 11.6. The Kier molecular flexibility index (Phi) is 7.44. The van der Waals surface area contributed by atoms with E-state index in [0.717, 1.165) is 53.3 Å². The second-order valence-electron chi connectivity index (χ2n) is 9.22. The summed E-state index contributed by atoms with van der Waals surface area (Å²) in [5.74, 6) is 0.294. The van der Waals surface area contributed by atoms with Crippen LogP contribution in [0.3, 0.4) is 0 Å². The molecule has 1 saturated heterocycles. The van der Waals surface area contributed by atoms with Crippen molar-refractivity contribution >= 4 is 32.9 Å². The molecule has 2 N–H and O–H groups in total. The van der Waals surface area contributed by atoms with Crippen molar-refractivity contribution in [3.63, 3.8) is 0 Å². The van der Waals surface area contributed by atoms with Crippen LogP contribution in [0.4, 0.5) is 4.79 Å². The van der Waals surface area contributed by atoms with Crippen molar-refractivity contribution in [1.82, 2.24) is 10.4 Å². The van der Waals surface area contributed by atoms with Gasteiger partial charge in [0, 0.05) is 21.5 Å². The molecule has 1 unspecified atom stereocenters. The highest BCUT2D eigenvalue weighted by atomic mass is 79.9. The van der Waals surface area contributed by atoms with E-state index in [1.165, 1.54) is 0 Å². The molecule has 1 aliphatic rings. The number of halogens is 1. The SMILES string of the molecule is COc1ccc2ccc(Br)c(C(CO)C[N+]3(NC(=O)OC(C)(C)C)CCCCC3)c2n1. The van der Waals surface area contributed by atoms with Crippen LogP contribution in [-0.2, 0) is 4.74 Å². The lowest BCUT2D eigenvalue weighted by Crippen LogP contribution is -2.64. The zero-order valence-electron chi connectivity index (χ0n) is 18.8. The maximum absolute atomic E-state index is 12.7. The number of fused-ring (bicyclic) bond motifs is 1. The predicted molar refractivity (Wildman–Crippen MR) is 124 cm³/mol. The molecule has 0 bridgehead atoms. The molecule has 1 aliphatic heterocycles. The van der Waals surface area contributed by atoms with Crippen molar-refractivity contribution in [3.05, 3.63) is 34.3 Å². The van der Waals surface area contributed by atoms with Crippen LogP contribution in [0.15, 0.2) is 28.7 Å². The van der Waals surface area contributed by atoms with Crippen LogP contribution < -0.4 is 10.2 Å². The molecule has 7 nitrogen and oxygen atoms in total. The number of aromatic nitrogens is 1. The Labute approximate surface area is 192 Å². The Bertz CT molecular complexity index is 923. The highest BCUT2D eigenvalue weighted by Crippen LogP contribution is 2.35. The average Bonchev–Trinajstić information content (AvgIpc) is 2.71. The van der Waals surface area contributed by atoms with E-state index < -0.39 is 11.7 Å². The second-order valence-corrected chi connectivity index (χ2v) is 10.1. The predicted octanol–water partition coefficient (Wildman–Crippen LogP) is 4.52. The van der Waals surface area contributed by atoms with Gasteiger partial charge in [-0.2, -0.15) is 5.43 Å². The van der Waals surface area contributed by atoms with E-state index in [1.807, 2.05) is 45.0 Å². The van der Waals surface area contributed by atoms with E-state index in [1.54, 1.807) is 7.11 Å². The molecule has 0 radical (unpaired) electrons. The number of ether oxygens (including phenoxy) is 2. The largest absolute Gasteiger partial charge is 0.481 e. The molecule has 2 heterocycles. The summed E-state index contributed by atoms with van der Waals surface area (Å²) in [7, 11) is 1.59. The summed E-state index contributed by atoms with van der Waals surface area (Å²) in [5.41, 5.74) is 4.26. The van der Waals surface area contributed by atoms with Crippen molar-refractivity contribution in [1.29, 1.82) is 0 Å². The quantitative estimate of drug-likeness (QED) is 0.576. The number of aliphatic hydroxyl groups is 1. The van der Waals surface area contributed by atoms with Crippen LogP contribution in [0.25, 0.3) is 10.9 Å². The van der Waals surface area contributed by atoms with Crippen LogP contribution in [0.2, 0.25) is 0 Å². The smallest absolute Gasteiger partial charge is 0.452 e. The molecular weight excluding hydrogens is 462 g/mol. The fraction of sp³-hybridized carbons (Fsp3) is 0.565. The van der Waals surface area contributed by atoms with E-state index >= 15 is 0 Å². The fourth-order valence-corrected chi connectivity index (χ4v) is 4.93. The van der Waals surface area contributed by atoms with Crippen molar-refractivity contribution in [3.8, 4) is 5.88 Å². The first-order valence-electron chi connectivity index (χ1n) is 10.8.